The van der Waals surface area contributed by atoms with Gasteiger partial charge in [-0.3, -0.25) is 4.79 Å². The third kappa shape index (κ3) is 2.96. The van der Waals surface area contributed by atoms with Gasteiger partial charge in [-0.05, 0) is 62.7 Å². The van der Waals surface area contributed by atoms with Crippen LogP contribution in [0.5, 0.6) is 0 Å². The highest BCUT2D eigenvalue weighted by atomic mass is 16.1. The van der Waals surface area contributed by atoms with Gasteiger partial charge in [0.15, 0.2) is 0 Å². The van der Waals surface area contributed by atoms with Gasteiger partial charge in [0, 0.05) is 12.8 Å². The van der Waals surface area contributed by atoms with Gasteiger partial charge < -0.3 is 0 Å². The van der Waals surface area contributed by atoms with Gasteiger partial charge in [0.05, 0.1) is 0 Å². The zero-order valence-corrected chi connectivity index (χ0v) is 10.3. The molecule has 16 heavy (non-hydrogen) atoms. The maximum Gasteiger partial charge on any atom is 0.132 e. The molecule has 2 aliphatic carbocycles. The number of allylic oxidation sites excluding steroid dienone is 1. The predicted molar refractivity (Wildman–Crippen MR) is 67.2 cm³/mol. The van der Waals surface area contributed by atoms with E-state index in [0.29, 0.717) is 5.78 Å². The molecule has 90 valence electrons. The molecule has 0 aromatic heterocycles. The van der Waals surface area contributed by atoms with Crippen LogP contribution in [-0.2, 0) is 4.79 Å². The van der Waals surface area contributed by atoms with Crippen LogP contribution >= 0.6 is 0 Å². The van der Waals surface area contributed by atoms with E-state index in [1.165, 1.54) is 44.9 Å². The molecule has 0 heterocycles. The average Bonchev–Trinajstić information content (AvgIpc) is 2.32. The fourth-order valence-corrected chi connectivity index (χ4v) is 3.56. The number of ketones is 1. The summed E-state index contributed by atoms with van der Waals surface area (Å²) < 4.78 is 0. The Labute approximate surface area is 99.3 Å². The van der Waals surface area contributed by atoms with Crippen molar-refractivity contribution < 1.29 is 4.79 Å². The molecular formula is C15H24O. The molecule has 0 N–H and O–H groups in total. The lowest BCUT2D eigenvalue weighted by Crippen LogP contribution is -2.25. The van der Waals surface area contributed by atoms with Crippen molar-refractivity contribution in [3.63, 3.8) is 0 Å². The van der Waals surface area contributed by atoms with E-state index in [0.717, 1.165) is 30.6 Å². The summed E-state index contributed by atoms with van der Waals surface area (Å²) in [6.45, 7) is 3.83. The highest BCUT2D eigenvalue weighted by Crippen LogP contribution is 2.40. The van der Waals surface area contributed by atoms with Crippen LogP contribution in [0.3, 0.4) is 0 Å². The summed E-state index contributed by atoms with van der Waals surface area (Å²) in [6.07, 6.45) is 12.9. The molecule has 2 saturated carbocycles. The monoisotopic (exact) mass is 220 g/mol. The fourth-order valence-electron chi connectivity index (χ4n) is 3.56. The summed E-state index contributed by atoms with van der Waals surface area (Å²) in [7, 11) is 0. The highest BCUT2D eigenvalue weighted by molar-refractivity contribution is 5.79. The predicted octanol–water partition coefficient (Wildman–Crippen LogP) is 4.13. The molecule has 2 rings (SSSR count). The van der Waals surface area contributed by atoms with Crippen molar-refractivity contribution in [2.45, 2.75) is 57.8 Å². The van der Waals surface area contributed by atoms with E-state index in [2.05, 4.69) is 12.7 Å². The first-order valence-electron chi connectivity index (χ1n) is 6.92. The number of carbonyl (C=O) groups excluding carboxylic acids is 1. The second-order valence-electron chi connectivity index (χ2n) is 5.68. The Morgan fingerprint density at radius 2 is 1.56 bits per heavy atom. The molecule has 0 saturated heterocycles. The number of carbonyl (C=O) groups is 1. The first-order valence-corrected chi connectivity index (χ1v) is 6.92. The number of hydrogen-bond acceptors (Lipinski definition) is 1. The van der Waals surface area contributed by atoms with Crippen LogP contribution < -0.4 is 0 Å². The first kappa shape index (κ1) is 11.9. The van der Waals surface area contributed by atoms with E-state index in [-0.39, 0.29) is 0 Å². The molecule has 0 aromatic rings. The Kier molecular flexibility index (Phi) is 4.20. The maximum absolute atomic E-state index is 11.2. The Morgan fingerprint density at radius 3 is 2.12 bits per heavy atom. The molecule has 0 bridgehead atoms. The summed E-state index contributed by atoms with van der Waals surface area (Å²) in [4.78, 5) is 11.2. The van der Waals surface area contributed by atoms with Gasteiger partial charge in [-0.1, -0.05) is 6.08 Å². The molecule has 0 aromatic carbocycles. The van der Waals surface area contributed by atoms with Crippen molar-refractivity contribution in [1.82, 2.24) is 0 Å². The van der Waals surface area contributed by atoms with E-state index in [1.807, 2.05) is 0 Å². The van der Waals surface area contributed by atoms with Crippen molar-refractivity contribution in [3.05, 3.63) is 12.7 Å². The second-order valence-corrected chi connectivity index (χ2v) is 5.68. The van der Waals surface area contributed by atoms with Gasteiger partial charge in [-0.25, -0.2) is 0 Å². The van der Waals surface area contributed by atoms with E-state index < -0.39 is 0 Å². The topological polar surface area (TPSA) is 17.1 Å². The molecule has 1 heteroatoms. The van der Waals surface area contributed by atoms with Crippen molar-refractivity contribution in [2.75, 3.05) is 0 Å². The highest BCUT2D eigenvalue weighted by Gasteiger charge is 2.29. The van der Waals surface area contributed by atoms with Crippen molar-refractivity contribution >= 4 is 5.78 Å². The van der Waals surface area contributed by atoms with Gasteiger partial charge in [0.1, 0.15) is 5.78 Å². The molecule has 1 nitrogen and oxygen atoms in total. The SMILES string of the molecule is C=CCC1CCC(C2CCC(=O)CC2)CC1. The summed E-state index contributed by atoms with van der Waals surface area (Å²) in [5, 5.41) is 0. The molecule has 0 spiro atoms. The standard InChI is InChI=1S/C15H24O/c1-2-3-12-4-6-13(7-5-12)14-8-10-15(16)11-9-14/h2,12-14H,1,3-11H2. The van der Waals surface area contributed by atoms with Gasteiger partial charge in [-0.15, -0.1) is 6.58 Å². The Balaban J connectivity index is 1.76. The van der Waals surface area contributed by atoms with Gasteiger partial charge >= 0.3 is 0 Å². The van der Waals surface area contributed by atoms with E-state index in [4.69, 9.17) is 0 Å². The van der Waals surface area contributed by atoms with Crippen LogP contribution in [0, 0.1) is 17.8 Å². The Hall–Kier alpha value is -0.590. The zero-order valence-electron chi connectivity index (χ0n) is 10.3. The van der Waals surface area contributed by atoms with Crippen LogP contribution in [0.2, 0.25) is 0 Å². The Morgan fingerprint density at radius 1 is 1.00 bits per heavy atom. The molecule has 0 aliphatic heterocycles. The minimum Gasteiger partial charge on any atom is -0.300 e. The van der Waals surface area contributed by atoms with Crippen LogP contribution in [0.15, 0.2) is 12.7 Å². The summed E-state index contributed by atoms with van der Waals surface area (Å²) >= 11 is 0. The van der Waals surface area contributed by atoms with Crippen LogP contribution in [0.25, 0.3) is 0 Å². The normalized spacial score (nSPS) is 32.6. The van der Waals surface area contributed by atoms with Crippen LogP contribution in [0.1, 0.15) is 57.8 Å². The van der Waals surface area contributed by atoms with Crippen molar-refractivity contribution in [1.29, 1.82) is 0 Å². The smallest absolute Gasteiger partial charge is 0.132 e. The summed E-state index contributed by atoms with van der Waals surface area (Å²) in [5.74, 6) is 3.19. The molecule has 0 atom stereocenters. The van der Waals surface area contributed by atoms with Gasteiger partial charge in [-0.2, -0.15) is 0 Å². The minimum absolute atomic E-state index is 0.497. The maximum atomic E-state index is 11.2. The lowest BCUT2D eigenvalue weighted by Gasteiger charge is -2.35. The number of hydrogen-bond donors (Lipinski definition) is 0. The van der Waals surface area contributed by atoms with E-state index >= 15 is 0 Å². The molecule has 2 aliphatic rings. The Bertz CT molecular complexity index is 238. The third-order valence-corrected chi connectivity index (χ3v) is 4.65. The lowest BCUT2D eigenvalue weighted by molar-refractivity contribution is -0.121. The quantitative estimate of drug-likeness (QED) is 0.654. The lowest BCUT2D eigenvalue weighted by atomic mass is 9.70. The van der Waals surface area contributed by atoms with Gasteiger partial charge in [0.2, 0.25) is 0 Å². The summed E-state index contributed by atoms with van der Waals surface area (Å²) in [6, 6.07) is 0. The van der Waals surface area contributed by atoms with E-state index in [9.17, 15) is 4.79 Å². The molecule has 0 amide bonds. The van der Waals surface area contributed by atoms with Crippen LogP contribution in [-0.4, -0.2) is 5.78 Å². The average molecular weight is 220 g/mol. The third-order valence-electron chi connectivity index (χ3n) is 4.65. The number of rotatable bonds is 3. The minimum atomic E-state index is 0.497. The van der Waals surface area contributed by atoms with Gasteiger partial charge in [0.25, 0.3) is 0 Å². The molecular weight excluding hydrogens is 196 g/mol. The summed E-state index contributed by atoms with van der Waals surface area (Å²) in [5.41, 5.74) is 0. The fraction of sp³-hybridized carbons (Fsp3) is 0.800. The molecule has 0 unspecified atom stereocenters. The zero-order chi connectivity index (χ0) is 11.4. The van der Waals surface area contributed by atoms with E-state index in [1.54, 1.807) is 0 Å². The molecule has 0 radical (unpaired) electrons. The number of Topliss-reactive ketones (excluding diaryl/α,β-unsaturated/α-hetero) is 1. The van der Waals surface area contributed by atoms with Crippen molar-refractivity contribution in [2.24, 2.45) is 17.8 Å². The first-order chi connectivity index (χ1) is 7.79. The van der Waals surface area contributed by atoms with Crippen molar-refractivity contribution in [3.8, 4) is 0 Å². The second kappa shape index (κ2) is 5.65. The largest absolute Gasteiger partial charge is 0.300 e. The van der Waals surface area contributed by atoms with Crippen LogP contribution in [0.4, 0.5) is 0 Å². The molecule has 2 fully saturated rings.